The number of nitrogens with zero attached hydrogens (tertiary/aromatic N) is 1. The van der Waals surface area contributed by atoms with Crippen LogP contribution in [-0.2, 0) is 0 Å². The zero-order valence-electron chi connectivity index (χ0n) is 13.9. The van der Waals surface area contributed by atoms with E-state index in [1.54, 1.807) is 44.2 Å². The quantitative estimate of drug-likeness (QED) is 0.684. The van der Waals surface area contributed by atoms with Crippen LogP contribution in [0.1, 0.15) is 22.8 Å². The van der Waals surface area contributed by atoms with E-state index < -0.39 is 17.2 Å². The molecule has 0 radical (unpaired) electrons. The number of rotatable bonds is 3. The van der Waals surface area contributed by atoms with Crippen LogP contribution in [0.25, 0.3) is 10.9 Å². The predicted molar refractivity (Wildman–Crippen MR) is 96.4 cm³/mol. The fourth-order valence-electron chi connectivity index (χ4n) is 2.89. The van der Waals surface area contributed by atoms with E-state index in [2.05, 4.69) is 4.98 Å². The number of aromatic hydroxyl groups is 2. The van der Waals surface area contributed by atoms with Crippen LogP contribution in [0.2, 0.25) is 0 Å². The summed E-state index contributed by atoms with van der Waals surface area (Å²) in [7, 11) is 0. The number of aromatic amines is 1. The van der Waals surface area contributed by atoms with Gasteiger partial charge in [-0.15, -0.1) is 0 Å². The summed E-state index contributed by atoms with van der Waals surface area (Å²) in [6.45, 7) is 3.83. The first-order valence-electron chi connectivity index (χ1n) is 7.90. The van der Waals surface area contributed by atoms with Crippen LogP contribution in [0, 0.1) is 6.92 Å². The maximum Gasteiger partial charge on any atom is 0.267 e. The van der Waals surface area contributed by atoms with Gasteiger partial charge in [-0.3, -0.25) is 9.59 Å². The van der Waals surface area contributed by atoms with Gasteiger partial charge in [-0.1, -0.05) is 24.3 Å². The third-order valence-electron chi connectivity index (χ3n) is 4.17. The van der Waals surface area contributed by atoms with Crippen molar-refractivity contribution in [2.24, 2.45) is 0 Å². The first kappa shape index (κ1) is 16.6. The first-order chi connectivity index (χ1) is 12.0. The van der Waals surface area contributed by atoms with Crippen LogP contribution in [0.15, 0.2) is 47.3 Å². The zero-order valence-corrected chi connectivity index (χ0v) is 13.9. The highest BCUT2D eigenvalue weighted by Gasteiger charge is 2.26. The molecule has 0 aliphatic heterocycles. The van der Waals surface area contributed by atoms with Gasteiger partial charge in [0.05, 0.1) is 10.9 Å². The van der Waals surface area contributed by atoms with Crippen molar-refractivity contribution in [2.75, 3.05) is 11.4 Å². The molecule has 0 spiro atoms. The lowest BCUT2D eigenvalue weighted by molar-refractivity contribution is 0.0984. The predicted octanol–water partition coefficient (Wildman–Crippen LogP) is 2.91. The van der Waals surface area contributed by atoms with E-state index in [0.29, 0.717) is 23.3 Å². The monoisotopic (exact) mass is 338 g/mol. The molecule has 25 heavy (non-hydrogen) atoms. The summed E-state index contributed by atoms with van der Waals surface area (Å²) < 4.78 is 0. The molecule has 0 saturated carbocycles. The number of hydrogen-bond donors (Lipinski definition) is 3. The molecular weight excluding hydrogens is 320 g/mol. The molecule has 3 N–H and O–H groups in total. The molecule has 0 aliphatic carbocycles. The molecule has 1 heterocycles. The van der Waals surface area contributed by atoms with Crippen LogP contribution in [0.3, 0.4) is 0 Å². The standard InChI is InChI=1S/C19H18N2O4/c1-3-21(12-7-5-4-6-8-12)19(25)15-17(23)14-13(22)10-9-11(2)16(14)20-18(15)24/h4-10,22H,3H2,1-2H3,(H2,20,23,24). The smallest absolute Gasteiger partial charge is 0.267 e. The van der Waals surface area contributed by atoms with Gasteiger partial charge in [-0.05, 0) is 37.6 Å². The van der Waals surface area contributed by atoms with Gasteiger partial charge in [0.2, 0.25) is 0 Å². The molecule has 0 aliphatic rings. The zero-order chi connectivity index (χ0) is 18.1. The van der Waals surface area contributed by atoms with Crippen molar-refractivity contribution in [3.8, 4) is 11.5 Å². The molecule has 3 rings (SSSR count). The van der Waals surface area contributed by atoms with E-state index in [1.807, 2.05) is 6.07 Å². The minimum Gasteiger partial charge on any atom is -0.507 e. The second kappa shape index (κ2) is 6.32. The summed E-state index contributed by atoms with van der Waals surface area (Å²) in [5.74, 6) is -1.35. The highest BCUT2D eigenvalue weighted by atomic mass is 16.3. The van der Waals surface area contributed by atoms with Crippen molar-refractivity contribution < 1.29 is 15.0 Å². The summed E-state index contributed by atoms with van der Waals surface area (Å²) in [6.07, 6.45) is 0. The van der Waals surface area contributed by atoms with Gasteiger partial charge in [-0.2, -0.15) is 0 Å². The number of benzene rings is 2. The molecule has 1 amide bonds. The van der Waals surface area contributed by atoms with Gasteiger partial charge in [-0.25, -0.2) is 0 Å². The lowest BCUT2D eigenvalue weighted by atomic mass is 10.1. The second-order valence-electron chi connectivity index (χ2n) is 5.71. The number of aromatic nitrogens is 1. The Morgan fingerprint density at radius 2 is 1.80 bits per heavy atom. The largest absolute Gasteiger partial charge is 0.507 e. The number of phenolic OH excluding ortho intramolecular Hbond substituents is 1. The summed E-state index contributed by atoms with van der Waals surface area (Å²) in [4.78, 5) is 29.4. The number of amides is 1. The topological polar surface area (TPSA) is 93.6 Å². The van der Waals surface area contributed by atoms with E-state index in [9.17, 15) is 19.8 Å². The Morgan fingerprint density at radius 1 is 1.12 bits per heavy atom. The van der Waals surface area contributed by atoms with Gasteiger partial charge < -0.3 is 20.1 Å². The van der Waals surface area contributed by atoms with E-state index >= 15 is 0 Å². The number of anilines is 1. The average molecular weight is 338 g/mol. The molecule has 0 unspecified atom stereocenters. The molecule has 1 aromatic heterocycles. The number of carbonyl (C=O) groups is 1. The van der Waals surface area contributed by atoms with Crippen LogP contribution >= 0.6 is 0 Å². The van der Waals surface area contributed by atoms with E-state index in [1.165, 1.54) is 11.0 Å². The lowest BCUT2D eigenvalue weighted by Crippen LogP contribution is -2.34. The van der Waals surface area contributed by atoms with Crippen molar-refractivity contribution in [3.05, 3.63) is 63.9 Å². The third kappa shape index (κ3) is 2.71. The summed E-state index contributed by atoms with van der Waals surface area (Å²) in [5, 5.41) is 20.7. The van der Waals surface area contributed by atoms with Gasteiger partial charge in [0.25, 0.3) is 11.5 Å². The van der Waals surface area contributed by atoms with E-state index in [4.69, 9.17) is 0 Å². The Morgan fingerprint density at radius 3 is 2.44 bits per heavy atom. The number of aryl methyl sites for hydroxylation is 1. The molecule has 0 bridgehead atoms. The van der Waals surface area contributed by atoms with Crippen LogP contribution < -0.4 is 10.5 Å². The number of fused-ring (bicyclic) bond motifs is 1. The fraction of sp³-hybridized carbons (Fsp3) is 0.158. The summed E-state index contributed by atoms with van der Waals surface area (Å²) in [5.41, 5.74) is 0.510. The number of pyridine rings is 1. The van der Waals surface area contributed by atoms with Crippen LogP contribution in [-0.4, -0.2) is 27.6 Å². The Labute approximate surface area is 144 Å². The van der Waals surface area contributed by atoms with E-state index in [0.717, 1.165) is 0 Å². The highest BCUT2D eigenvalue weighted by molar-refractivity contribution is 6.11. The van der Waals surface area contributed by atoms with Gasteiger partial charge in [0.15, 0.2) is 0 Å². The number of phenols is 1. The molecule has 6 nitrogen and oxygen atoms in total. The van der Waals surface area contributed by atoms with Crippen LogP contribution in [0.5, 0.6) is 11.5 Å². The molecule has 0 atom stereocenters. The molecule has 0 fully saturated rings. The molecule has 6 heteroatoms. The summed E-state index contributed by atoms with van der Waals surface area (Å²) >= 11 is 0. The SMILES string of the molecule is CCN(C(=O)c1c(O)c2c(O)ccc(C)c2[nH]c1=O)c1ccccc1. The van der Waals surface area contributed by atoms with Gasteiger partial charge in [0.1, 0.15) is 17.1 Å². The van der Waals surface area contributed by atoms with Crippen molar-refractivity contribution in [3.63, 3.8) is 0 Å². The molecule has 128 valence electrons. The minimum absolute atomic E-state index is 0.0621. The Hall–Kier alpha value is -3.28. The van der Waals surface area contributed by atoms with Crippen LogP contribution in [0.4, 0.5) is 5.69 Å². The van der Waals surface area contributed by atoms with Crippen molar-refractivity contribution in [1.29, 1.82) is 0 Å². The Kier molecular flexibility index (Phi) is 4.19. The third-order valence-corrected chi connectivity index (χ3v) is 4.17. The molecule has 2 aromatic carbocycles. The van der Waals surface area contributed by atoms with Gasteiger partial charge >= 0.3 is 0 Å². The highest BCUT2D eigenvalue weighted by Crippen LogP contribution is 2.34. The first-order valence-corrected chi connectivity index (χ1v) is 7.90. The Bertz CT molecular complexity index is 1010. The molecule has 3 aromatic rings. The lowest BCUT2D eigenvalue weighted by Gasteiger charge is -2.21. The second-order valence-corrected chi connectivity index (χ2v) is 5.71. The minimum atomic E-state index is -0.696. The normalized spacial score (nSPS) is 10.8. The average Bonchev–Trinajstić information content (AvgIpc) is 2.59. The number of hydrogen-bond acceptors (Lipinski definition) is 4. The van der Waals surface area contributed by atoms with Crippen molar-refractivity contribution in [1.82, 2.24) is 4.98 Å². The van der Waals surface area contributed by atoms with Crippen molar-refractivity contribution >= 4 is 22.5 Å². The van der Waals surface area contributed by atoms with Gasteiger partial charge in [0, 0.05) is 12.2 Å². The number of carbonyl (C=O) groups excluding carboxylic acids is 1. The maximum atomic E-state index is 12.9. The molecule has 0 saturated heterocycles. The van der Waals surface area contributed by atoms with E-state index in [-0.39, 0.29) is 16.7 Å². The number of nitrogens with one attached hydrogen (secondary N) is 1. The molecular formula is C19H18N2O4. The fourth-order valence-corrected chi connectivity index (χ4v) is 2.89. The number of para-hydroxylation sites is 1. The Balaban J connectivity index is 2.23. The summed E-state index contributed by atoms with van der Waals surface area (Å²) in [6, 6.07) is 11.9. The number of H-pyrrole nitrogens is 1. The van der Waals surface area contributed by atoms with Crippen molar-refractivity contribution in [2.45, 2.75) is 13.8 Å². The maximum absolute atomic E-state index is 12.9.